The number of halogens is 1. The number of ether oxygens (including phenoxy) is 1. The van der Waals surface area contributed by atoms with Gasteiger partial charge < -0.3 is 9.64 Å². The molecule has 0 bridgehead atoms. The second kappa shape index (κ2) is 8.59. The van der Waals surface area contributed by atoms with Gasteiger partial charge in [-0.2, -0.15) is 4.31 Å². The second-order valence-electron chi connectivity index (χ2n) is 6.85. The summed E-state index contributed by atoms with van der Waals surface area (Å²) in [6.45, 7) is 1.86. The lowest BCUT2D eigenvalue weighted by Crippen LogP contribution is -2.48. The average Bonchev–Trinajstić information content (AvgIpc) is 2.80. The third-order valence-electron chi connectivity index (χ3n) is 5.05. The Kier molecular flexibility index (Phi) is 5.90. The summed E-state index contributed by atoms with van der Waals surface area (Å²) < 4.78 is 32.4. The first-order chi connectivity index (χ1) is 14.5. The largest absolute Gasteiger partial charge is 0.497 e. The lowest BCUT2D eigenvalue weighted by molar-refractivity contribution is 0.383. The van der Waals surface area contributed by atoms with Gasteiger partial charge >= 0.3 is 0 Å². The van der Waals surface area contributed by atoms with Crippen LogP contribution in [0.15, 0.2) is 65.6 Å². The maximum Gasteiger partial charge on any atom is 0.243 e. The Labute approximate surface area is 180 Å². The number of piperazine rings is 1. The van der Waals surface area contributed by atoms with Crippen LogP contribution in [-0.4, -0.2) is 56.2 Å². The number of nitrogens with zero attached hydrogens (tertiary/aromatic N) is 4. The number of benzene rings is 2. The van der Waals surface area contributed by atoms with E-state index in [1.54, 1.807) is 31.4 Å². The normalized spacial score (nSPS) is 15.2. The smallest absolute Gasteiger partial charge is 0.243 e. The minimum atomic E-state index is -3.53. The van der Waals surface area contributed by atoms with Gasteiger partial charge in [-0.15, -0.1) is 10.2 Å². The van der Waals surface area contributed by atoms with E-state index in [9.17, 15) is 8.42 Å². The third kappa shape index (κ3) is 4.26. The molecule has 156 valence electrons. The predicted octanol–water partition coefficient (Wildman–Crippen LogP) is 3.32. The minimum Gasteiger partial charge on any atom is -0.497 e. The highest BCUT2D eigenvalue weighted by Crippen LogP contribution is 2.24. The van der Waals surface area contributed by atoms with Crippen LogP contribution < -0.4 is 9.64 Å². The lowest BCUT2D eigenvalue weighted by atomic mass is 10.1. The number of sulfonamides is 1. The van der Waals surface area contributed by atoms with Gasteiger partial charge in [-0.3, -0.25) is 0 Å². The fraction of sp³-hybridized carbons (Fsp3) is 0.238. The van der Waals surface area contributed by atoms with Gasteiger partial charge in [0.1, 0.15) is 5.75 Å². The average molecular weight is 445 g/mol. The van der Waals surface area contributed by atoms with Crippen LogP contribution in [0.3, 0.4) is 0 Å². The van der Waals surface area contributed by atoms with E-state index in [1.807, 2.05) is 41.3 Å². The van der Waals surface area contributed by atoms with Crippen molar-refractivity contribution < 1.29 is 13.2 Å². The van der Waals surface area contributed by atoms with E-state index in [0.29, 0.717) is 37.0 Å². The van der Waals surface area contributed by atoms with Crippen molar-refractivity contribution in [3.63, 3.8) is 0 Å². The minimum absolute atomic E-state index is 0.267. The molecule has 0 spiro atoms. The molecule has 0 radical (unpaired) electrons. The fourth-order valence-corrected chi connectivity index (χ4v) is 4.87. The van der Waals surface area contributed by atoms with Crippen molar-refractivity contribution in [3.8, 4) is 17.0 Å². The van der Waals surface area contributed by atoms with Gasteiger partial charge in [0.25, 0.3) is 0 Å². The molecule has 3 aromatic rings. The van der Waals surface area contributed by atoms with Crippen molar-refractivity contribution in [1.29, 1.82) is 0 Å². The van der Waals surface area contributed by atoms with Crippen molar-refractivity contribution >= 4 is 27.4 Å². The molecule has 4 rings (SSSR count). The molecule has 0 N–H and O–H groups in total. The first-order valence-electron chi connectivity index (χ1n) is 9.46. The third-order valence-corrected chi connectivity index (χ3v) is 7.22. The van der Waals surface area contributed by atoms with Crippen molar-refractivity contribution in [1.82, 2.24) is 14.5 Å². The van der Waals surface area contributed by atoms with E-state index in [-0.39, 0.29) is 4.90 Å². The maximum absolute atomic E-state index is 12.9. The molecule has 0 atom stereocenters. The second-order valence-corrected chi connectivity index (χ2v) is 9.22. The molecule has 1 aliphatic heterocycles. The highest BCUT2D eigenvalue weighted by Gasteiger charge is 2.29. The zero-order valence-corrected chi connectivity index (χ0v) is 18.0. The molecular formula is C21H21ClN4O3S. The Morgan fingerprint density at radius 1 is 0.867 bits per heavy atom. The first-order valence-corrected chi connectivity index (χ1v) is 11.3. The topological polar surface area (TPSA) is 75.6 Å². The SMILES string of the molecule is COc1ccc(S(=O)(=O)N2CCN(c3ccc(-c4ccc(Cl)cc4)nn3)CC2)cc1. The summed E-state index contributed by atoms with van der Waals surface area (Å²) in [4.78, 5) is 2.31. The Balaban J connectivity index is 1.42. The molecule has 9 heteroatoms. The molecule has 0 unspecified atom stereocenters. The van der Waals surface area contributed by atoms with Gasteiger partial charge in [0, 0.05) is 36.8 Å². The summed E-state index contributed by atoms with van der Waals surface area (Å²) in [5, 5.41) is 9.31. The molecule has 1 saturated heterocycles. The number of rotatable bonds is 5. The fourth-order valence-electron chi connectivity index (χ4n) is 3.32. The molecule has 30 heavy (non-hydrogen) atoms. The van der Waals surface area contributed by atoms with E-state index >= 15 is 0 Å². The van der Waals surface area contributed by atoms with E-state index < -0.39 is 10.0 Å². The van der Waals surface area contributed by atoms with Crippen LogP contribution in [0.1, 0.15) is 0 Å². The Morgan fingerprint density at radius 2 is 1.53 bits per heavy atom. The van der Waals surface area contributed by atoms with E-state index in [2.05, 4.69) is 10.2 Å². The van der Waals surface area contributed by atoms with Gasteiger partial charge in [0.05, 0.1) is 17.7 Å². The first kappa shape index (κ1) is 20.6. The van der Waals surface area contributed by atoms with Crippen LogP contribution in [0.2, 0.25) is 5.02 Å². The van der Waals surface area contributed by atoms with Crippen LogP contribution in [0, 0.1) is 0 Å². The number of hydrogen-bond acceptors (Lipinski definition) is 6. The molecule has 0 amide bonds. The van der Waals surface area contributed by atoms with Gasteiger partial charge in [-0.25, -0.2) is 8.42 Å². The summed E-state index contributed by atoms with van der Waals surface area (Å²) in [7, 11) is -1.99. The van der Waals surface area contributed by atoms with E-state index in [1.165, 1.54) is 4.31 Å². The quantitative estimate of drug-likeness (QED) is 0.601. The number of aromatic nitrogens is 2. The molecule has 2 aromatic carbocycles. The van der Waals surface area contributed by atoms with Crippen LogP contribution in [0.25, 0.3) is 11.3 Å². The number of hydrogen-bond donors (Lipinski definition) is 0. The van der Waals surface area contributed by atoms with Crippen molar-refractivity contribution in [3.05, 3.63) is 65.7 Å². The van der Waals surface area contributed by atoms with Gasteiger partial charge in [-0.05, 0) is 48.5 Å². The number of anilines is 1. The van der Waals surface area contributed by atoms with E-state index in [4.69, 9.17) is 16.3 Å². The van der Waals surface area contributed by atoms with Crippen LogP contribution >= 0.6 is 11.6 Å². The summed E-state index contributed by atoms with van der Waals surface area (Å²) in [5.41, 5.74) is 1.70. The lowest BCUT2D eigenvalue weighted by Gasteiger charge is -2.34. The van der Waals surface area contributed by atoms with Crippen LogP contribution in [0.5, 0.6) is 5.75 Å². The van der Waals surface area contributed by atoms with Gasteiger partial charge in [-0.1, -0.05) is 23.7 Å². The van der Waals surface area contributed by atoms with Gasteiger partial charge in [0.15, 0.2) is 5.82 Å². The van der Waals surface area contributed by atoms with Crippen LogP contribution in [-0.2, 0) is 10.0 Å². The number of methoxy groups -OCH3 is 1. The highest BCUT2D eigenvalue weighted by atomic mass is 35.5. The standard InChI is InChI=1S/C21H21ClN4O3S/c1-29-18-6-8-19(9-7-18)30(27,28)26-14-12-25(13-15-26)21-11-10-20(23-24-21)16-2-4-17(22)5-3-16/h2-11H,12-15H2,1H3. The Bertz CT molecular complexity index is 1100. The van der Waals surface area contributed by atoms with Crippen molar-refractivity contribution in [2.75, 3.05) is 38.2 Å². The maximum atomic E-state index is 12.9. The summed E-state index contributed by atoms with van der Waals surface area (Å²) in [5.74, 6) is 1.36. The van der Waals surface area contributed by atoms with Crippen LogP contribution in [0.4, 0.5) is 5.82 Å². The summed E-state index contributed by atoms with van der Waals surface area (Å²) >= 11 is 5.93. The summed E-state index contributed by atoms with van der Waals surface area (Å²) in [6, 6.07) is 17.7. The Morgan fingerprint density at radius 3 is 2.10 bits per heavy atom. The van der Waals surface area contributed by atoms with Crippen molar-refractivity contribution in [2.24, 2.45) is 0 Å². The van der Waals surface area contributed by atoms with Crippen molar-refractivity contribution in [2.45, 2.75) is 4.90 Å². The monoisotopic (exact) mass is 444 g/mol. The zero-order valence-electron chi connectivity index (χ0n) is 16.4. The zero-order chi connectivity index (χ0) is 21.1. The molecule has 0 saturated carbocycles. The molecule has 1 aliphatic rings. The molecule has 1 fully saturated rings. The molecular weight excluding hydrogens is 424 g/mol. The molecule has 1 aromatic heterocycles. The molecule has 7 nitrogen and oxygen atoms in total. The summed E-state index contributed by atoms with van der Waals surface area (Å²) in [6.07, 6.45) is 0. The predicted molar refractivity (Wildman–Crippen MR) is 116 cm³/mol. The molecule has 0 aliphatic carbocycles. The van der Waals surface area contributed by atoms with Gasteiger partial charge in [0.2, 0.25) is 10.0 Å². The van der Waals surface area contributed by atoms with E-state index in [0.717, 1.165) is 17.1 Å². The highest BCUT2D eigenvalue weighted by molar-refractivity contribution is 7.89. The molecule has 2 heterocycles. The Hall–Kier alpha value is -2.68.